The summed E-state index contributed by atoms with van der Waals surface area (Å²) in [7, 11) is 0. The Morgan fingerprint density at radius 1 is 1.16 bits per heavy atom. The third-order valence-electron chi connectivity index (χ3n) is 10.00. The van der Waals surface area contributed by atoms with Crippen LogP contribution in [-0.4, -0.2) is 84.7 Å². The van der Waals surface area contributed by atoms with Gasteiger partial charge >= 0.3 is 5.97 Å². The third kappa shape index (κ3) is 3.75. The zero-order chi connectivity index (χ0) is 25.3. The molecule has 1 aliphatic carbocycles. The molecule has 0 radical (unpaired) electrons. The van der Waals surface area contributed by atoms with Crippen LogP contribution in [0.4, 0.5) is 0 Å². The number of nitrogens with one attached hydrogen (secondary N) is 2. The van der Waals surface area contributed by atoms with Crippen molar-refractivity contribution < 1.29 is 24.1 Å². The quantitative estimate of drug-likeness (QED) is 0.474. The number of fused-ring (bicyclic) bond motifs is 6. The first kappa shape index (κ1) is 24.2. The van der Waals surface area contributed by atoms with Gasteiger partial charge in [0.05, 0.1) is 37.0 Å². The second-order valence-corrected chi connectivity index (χ2v) is 11.8. The van der Waals surface area contributed by atoms with Gasteiger partial charge in [0.15, 0.2) is 5.60 Å². The van der Waals surface area contributed by atoms with Crippen molar-refractivity contribution in [2.75, 3.05) is 45.9 Å². The van der Waals surface area contributed by atoms with Crippen molar-refractivity contribution in [2.45, 2.75) is 69.2 Å². The predicted octanol–water partition coefficient (Wildman–Crippen LogP) is -0.139. The zero-order valence-electron chi connectivity index (χ0n) is 21.5. The highest BCUT2D eigenvalue weighted by Gasteiger charge is 2.54. The lowest BCUT2D eigenvalue weighted by Gasteiger charge is -2.53. The molecule has 0 bridgehead atoms. The minimum absolute atomic E-state index is 0.0131. The van der Waals surface area contributed by atoms with E-state index in [9.17, 15) is 14.7 Å². The van der Waals surface area contributed by atoms with E-state index < -0.39 is 11.6 Å². The van der Waals surface area contributed by atoms with Gasteiger partial charge in [-0.1, -0.05) is 6.92 Å². The van der Waals surface area contributed by atoms with Crippen LogP contribution in [-0.2, 0) is 37.8 Å². The topological polar surface area (TPSA) is 114 Å². The summed E-state index contributed by atoms with van der Waals surface area (Å²) in [5.74, 6) is 0.425. The number of aliphatic hydroxyl groups is 1. The molecule has 0 aromatic carbocycles. The highest BCUT2D eigenvalue weighted by atomic mass is 16.6. The fraction of sp³-hybridized carbons (Fsp3) is 0.778. The number of rotatable bonds is 3. The number of piperidine rings is 1. The normalized spacial score (nSPS) is 41.1. The number of hydrogen-bond acceptors (Lipinski definition) is 9. The molecule has 0 amide bonds. The molecule has 7 rings (SSSR count). The van der Waals surface area contributed by atoms with E-state index in [-0.39, 0.29) is 48.8 Å². The molecule has 10 nitrogen and oxygen atoms in total. The Hall–Kier alpha value is -1.82. The lowest BCUT2D eigenvalue weighted by molar-refractivity contribution is -0.199. The number of ether oxygens (including phenoxy) is 3. The fourth-order valence-corrected chi connectivity index (χ4v) is 8.07. The maximum absolute atomic E-state index is 13.6. The van der Waals surface area contributed by atoms with E-state index in [1.54, 1.807) is 6.92 Å². The molecule has 6 aliphatic rings. The van der Waals surface area contributed by atoms with Crippen LogP contribution in [0.1, 0.15) is 49.0 Å². The van der Waals surface area contributed by atoms with E-state index in [0.717, 1.165) is 51.3 Å². The lowest BCUT2D eigenvalue weighted by Crippen LogP contribution is -2.63. The van der Waals surface area contributed by atoms with Gasteiger partial charge in [0.1, 0.15) is 6.61 Å². The molecule has 1 saturated carbocycles. The fourth-order valence-electron chi connectivity index (χ4n) is 8.07. The number of esters is 1. The monoisotopic (exact) mass is 514 g/mol. The molecule has 7 unspecified atom stereocenters. The van der Waals surface area contributed by atoms with Crippen molar-refractivity contribution in [3.05, 3.63) is 33.2 Å². The summed E-state index contributed by atoms with van der Waals surface area (Å²) in [6.45, 7) is 8.78. The number of pyridine rings is 1. The van der Waals surface area contributed by atoms with Crippen LogP contribution in [0, 0.1) is 17.8 Å². The van der Waals surface area contributed by atoms with E-state index in [4.69, 9.17) is 14.2 Å². The van der Waals surface area contributed by atoms with E-state index in [1.807, 2.05) is 10.6 Å². The standard InChI is InChI=1S/C27H38N4O6/c1-2-27(34)19-10-21-23-15(12-31(21)25(32)18(19)14-37-26(27)33)9-16-17(13-30-5-3-28-4-6-30)24-22(11-20(16)29-23)35-7-8-36-24/h10,15-17,20,22-24,28-29,34H,2-9,11-14H2,1H3/t15?,16?,17?,20?,22?,23?,24?,27-/m0/s1. The van der Waals surface area contributed by atoms with E-state index in [2.05, 4.69) is 15.5 Å². The van der Waals surface area contributed by atoms with Gasteiger partial charge in [-0.15, -0.1) is 0 Å². The number of hydrogen-bond donors (Lipinski definition) is 3. The highest BCUT2D eigenvalue weighted by Crippen LogP contribution is 2.49. The first-order valence-electron chi connectivity index (χ1n) is 14.1. The van der Waals surface area contributed by atoms with Crippen LogP contribution in [0.25, 0.3) is 0 Å². The molecule has 1 aromatic rings. The molecule has 1 aromatic heterocycles. The molecule has 5 aliphatic heterocycles. The molecule has 6 heterocycles. The number of aromatic nitrogens is 1. The smallest absolute Gasteiger partial charge is 0.343 e. The van der Waals surface area contributed by atoms with E-state index in [0.29, 0.717) is 42.7 Å². The van der Waals surface area contributed by atoms with Crippen LogP contribution >= 0.6 is 0 Å². The second kappa shape index (κ2) is 9.14. The van der Waals surface area contributed by atoms with Crippen LogP contribution < -0.4 is 16.2 Å². The zero-order valence-corrected chi connectivity index (χ0v) is 21.5. The Morgan fingerprint density at radius 3 is 2.78 bits per heavy atom. The molecule has 3 N–H and O–H groups in total. The number of nitrogens with zero attached hydrogens (tertiary/aromatic N) is 2. The molecule has 4 fully saturated rings. The van der Waals surface area contributed by atoms with Gasteiger partial charge in [-0.2, -0.15) is 0 Å². The van der Waals surface area contributed by atoms with Crippen LogP contribution in [0.3, 0.4) is 0 Å². The maximum Gasteiger partial charge on any atom is 0.343 e. The molecular weight excluding hydrogens is 476 g/mol. The highest BCUT2D eigenvalue weighted by molar-refractivity contribution is 5.83. The average molecular weight is 515 g/mol. The molecule has 202 valence electrons. The molecule has 0 spiro atoms. The summed E-state index contributed by atoms with van der Waals surface area (Å²) >= 11 is 0. The summed E-state index contributed by atoms with van der Waals surface area (Å²) < 4.78 is 19.7. The van der Waals surface area contributed by atoms with Crippen molar-refractivity contribution >= 4 is 5.97 Å². The van der Waals surface area contributed by atoms with Gasteiger partial charge < -0.3 is 39.4 Å². The van der Waals surface area contributed by atoms with Crippen LogP contribution in [0.2, 0.25) is 0 Å². The van der Waals surface area contributed by atoms with E-state index >= 15 is 0 Å². The number of piperazine rings is 1. The Balaban J connectivity index is 1.21. The summed E-state index contributed by atoms with van der Waals surface area (Å²) in [6, 6.07) is 2.19. The van der Waals surface area contributed by atoms with Crippen molar-refractivity contribution in [2.24, 2.45) is 17.8 Å². The third-order valence-corrected chi connectivity index (χ3v) is 10.00. The second-order valence-electron chi connectivity index (χ2n) is 11.8. The summed E-state index contributed by atoms with van der Waals surface area (Å²) in [4.78, 5) is 28.6. The Kier molecular flexibility index (Phi) is 5.98. The summed E-state index contributed by atoms with van der Waals surface area (Å²) in [6.07, 6.45) is 2.29. The first-order chi connectivity index (χ1) is 18.0. The van der Waals surface area contributed by atoms with Gasteiger partial charge in [-0.05, 0) is 37.2 Å². The van der Waals surface area contributed by atoms with Crippen molar-refractivity contribution in [3.8, 4) is 0 Å². The van der Waals surface area contributed by atoms with Gasteiger partial charge in [-0.25, -0.2) is 4.79 Å². The average Bonchev–Trinajstić information content (AvgIpc) is 3.28. The molecule has 37 heavy (non-hydrogen) atoms. The maximum atomic E-state index is 13.6. The summed E-state index contributed by atoms with van der Waals surface area (Å²) in [5.41, 5.74) is -0.180. The minimum Gasteiger partial charge on any atom is -0.458 e. The minimum atomic E-state index is -1.77. The number of cyclic esters (lactones) is 1. The SMILES string of the molecule is CC[C@@]1(O)C(=O)OCc2c1cc1n(c2=O)CC2CC3C(CC4OCCOC4C3CN3CCNCC3)NC12. The molecular formula is C27H38N4O6. The Labute approximate surface area is 216 Å². The van der Waals surface area contributed by atoms with Gasteiger partial charge in [0, 0.05) is 62.5 Å². The lowest BCUT2D eigenvalue weighted by atomic mass is 9.65. The molecule has 10 heteroatoms. The first-order valence-corrected chi connectivity index (χ1v) is 14.1. The van der Waals surface area contributed by atoms with Gasteiger partial charge in [0.25, 0.3) is 5.56 Å². The largest absolute Gasteiger partial charge is 0.458 e. The van der Waals surface area contributed by atoms with E-state index in [1.165, 1.54) is 0 Å². The predicted molar refractivity (Wildman–Crippen MR) is 133 cm³/mol. The molecule has 3 saturated heterocycles. The number of carbonyl (C=O) groups excluding carboxylic acids is 1. The van der Waals surface area contributed by atoms with Gasteiger partial charge in [0.2, 0.25) is 0 Å². The van der Waals surface area contributed by atoms with Crippen LogP contribution in [0.15, 0.2) is 10.9 Å². The Morgan fingerprint density at radius 2 is 1.97 bits per heavy atom. The molecule has 8 atom stereocenters. The van der Waals surface area contributed by atoms with Crippen LogP contribution in [0.5, 0.6) is 0 Å². The van der Waals surface area contributed by atoms with Gasteiger partial charge in [-0.3, -0.25) is 4.79 Å². The van der Waals surface area contributed by atoms with Crippen molar-refractivity contribution in [1.82, 2.24) is 20.1 Å². The Bertz CT molecular complexity index is 1130. The van der Waals surface area contributed by atoms with Crippen molar-refractivity contribution in [1.29, 1.82) is 0 Å². The van der Waals surface area contributed by atoms with Crippen molar-refractivity contribution in [3.63, 3.8) is 0 Å². The summed E-state index contributed by atoms with van der Waals surface area (Å²) in [5, 5.41) is 18.6. The number of carbonyl (C=O) groups is 1.